The van der Waals surface area contributed by atoms with Crippen molar-refractivity contribution in [3.8, 4) is 5.75 Å². The molecule has 0 bridgehead atoms. The maximum Gasteiger partial charge on any atom is 0.415 e. The minimum absolute atomic E-state index is 0.0913. The lowest BCUT2D eigenvalue weighted by molar-refractivity contribution is -0.135. The number of carbonyl (C=O) groups excluding carboxylic acids is 2. The van der Waals surface area contributed by atoms with Crippen molar-refractivity contribution >= 4 is 29.4 Å². The summed E-state index contributed by atoms with van der Waals surface area (Å²) in [5.74, 6) is 0.807. The van der Waals surface area contributed by atoms with E-state index in [1.165, 1.54) is 24.3 Å². The largest absolute Gasteiger partial charge is 0.415 e. The number of likely N-dealkylation sites (tertiary alicyclic amines) is 1. The molecule has 5 rings (SSSR count). The molecule has 2 saturated heterocycles. The topological polar surface area (TPSA) is 66.0 Å². The second-order valence-corrected chi connectivity index (χ2v) is 11.5. The number of likely N-dealkylation sites (N-methyl/N-ethyl adjacent to an activating group) is 1. The van der Waals surface area contributed by atoms with E-state index < -0.39 is 17.3 Å². The number of rotatable bonds is 5. The third-order valence-corrected chi connectivity index (χ3v) is 8.55. The van der Waals surface area contributed by atoms with Gasteiger partial charge in [0.1, 0.15) is 17.4 Å². The molecule has 2 fully saturated rings. The molecular weight excluding hydrogens is 531 g/mol. The van der Waals surface area contributed by atoms with Crippen LogP contribution in [0.15, 0.2) is 66.9 Å². The first-order valence-corrected chi connectivity index (χ1v) is 13.9. The van der Waals surface area contributed by atoms with Crippen LogP contribution in [0.2, 0.25) is 5.02 Å². The molecule has 0 spiro atoms. The number of anilines is 1. The Balaban J connectivity index is 1.32. The summed E-state index contributed by atoms with van der Waals surface area (Å²) < 4.78 is 18.9. The molecule has 1 aromatic heterocycles. The van der Waals surface area contributed by atoms with E-state index in [9.17, 15) is 14.0 Å². The molecule has 0 unspecified atom stereocenters. The molecular formula is C31H34ClFN4O3. The predicted molar refractivity (Wildman–Crippen MR) is 153 cm³/mol. The van der Waals surface area contributed by atoms with E-state index in [1.54, 1.807) is 11.9 Å². The van der Waals surface area contributed by atoms with Gasteiger partial charge in [0.05, 0.1) is 6.04 Å². The van der Waals surface area contributed by atoms with Gasteiger partial charge in [0, 0.05) is 55.8 Å². The van der Waals surface area contributed by atoms with Crippen LogP contribution in [0.4, 0.5) is 15.0 Å². The number of benzene rings is 2. The Hall–Kier alpha value is -3.65. The average molecular weight is 565 g/mol. The van der Waals surface area contributed by atoms with Crippen LogP contribution in [0, 0.1) is 18.7 Å². The number of hydrogen-bond acceptors (Lipinski definition) is 5. The van der Waals surface area contributed by atoms with Crippen LogP contribution in [0.1, 0.15) is 30.9 Å². The van der Waals surface area contributed by atoms with Gasteiger partial charge < -0.3 is 19.4 Å². The fourth-order valence-electron chi connectivity index (χ4n) is 5.87. The second kappa shape index (κ2) is 11.5. The number of aryl methyl sites for hydroxylation is 1. The summed E-state index contributed by atoms with van der Waals surface area (Å²) in [6, 6.07) is 16.6. The number of halogens is 2. The van der Waals surface area contributed by atoms with E-state index >= 15 is 0 Å². The van der Waals surface area contributed by atoms with Crippen LogP contribution in [0.3, 0.4) is 0 Å². The lowest BCUT2D eigenvalue weighted by atomic mass is 9.77. The first kappa shape index (κ1) is 27.9. The lowest BCUT2D eigenvalue weighted by Gasteiger charge is -2.36. The number of nitrogens with zero attached hydrogens (tertiary/aromatic N) is 4. The Morgan fingerprint density at radius 3 is 2.35 bits per heavy atom. The molecule has 2 aliphatic heterocycles. The van der Waals surface area contributed by atoms with Crippen molar-refractivity contribution in [3.05, 3.63) is 88.8 Å². The molecule has 210 valence electrons. The Morgan fingerprint density at radius 1 is 1.05 bits per heavy atom. The highest BCUT2D eigenvalue weighted by Gasteiger charge is 2.50. The highest BCUT2D eigenvalue weighted by Crippen LogP contribution is 2.39. The summed E-state index contributed by atoms with van der Waals surface area (Å²) in [5, 5.41) is 0.619. The standard InChI is InChI=1S/C31H34ClFN4O3/c1-21-4-13-28(34-18-21)36-16-14-22(15-17-36)29(38)37-19-27(31(2,20-37)23-5-7-24(32)8-6-23)35(3)30(39)40-26-11-9-25(33)10-12-26/h4-13,18,22,27H,14-17,19-20H2,1-3H3/t27-,31+/m1/s1. The van der Waals surface area contributed by atoms with Crippen molar-refractivity contribution in [3.63, 3.8) is 0 Å². The number of piperidine rings is 1. The molecule has 0 radical (unpaired) electrons. The van der Waals surface area contributed by atoms with Crippen molar-refractivity contribution < 1.29 is 18.7 Å². The van der Waals surface area contributed by atoms with E-state index in [0.29, 0.717) is 18.1 Å². The van der Waals surface area contributed by atoms with Crippen LogP contribution < -0.4 is 9.64 Å². The van der Waals surface area contributed by atoms with Crippen molar-refractivity contribution in [2.24, 2.45) is 5.92 Å². The fourth-order valence-corrected chi connectivity index (χ4v) is 6.00. The first-order valence-electron chi connectivity index (χ1n) is 13.6. The zero-order valence-corrected chi connectivity index (χ0v) is 23.8. The quantitative estimate of drug-likeness (QED) is 0.398. The van der Waals surface area contributed by atoms with Gasteiger partial charge in [0.25, 0.3) is 0 Å². The number of aromatic nitrogens is 1. The summed E-state index contributed by atoms with van der Waals surface area (Å²) in [5.41, 5.74) is 1.55. The van der Waals surface area contributed by atoms with Crippen LogP contribution >= 0.6 is 11.6 Å². The van der Waals surface area contributed by atoms with E-state index in [4.69, 9.17) is 16.3 Å². The minimum Gasteiger partial charge on any atom is -0.410 e. The van der Waals surface area contributed by atoms with Crippen LogP contribution in [-0.2, 0) is 10.2 Å². The van der Waals surface area contributed by atoms with Crippen molar-refractivity contribution in [1.29, 1.82) is 0 Å². The lowest BCUT2D eigenvalue weighted by Crippen LogP contribution is -2.50. The highest BCUT2D eigenvalue weighted by atomic mass is 35.5. The molecule has 2 aromatic carbocycles. The van der Waals surface area contributed by atoms with Gasteiger partial charge in [-0.2, -0.15) is 0 Å². The number of ether oxygens (including phenoxy) is 1. The first-order chi connectivity index (χ1) is 19.1. The SMILES string of the molecule is Cc1ccc(N2CCC(C(=O)N3C[C@@H](N(C)C(=O)Oc4ccc(F)cc4)[C@](C)(c4ccc(Cl)cc4)C3)CC2)nc1. The smallest absolute Gasteiger partial charge is 0.410 e. The minimum atomic E-state index is -0.565. The summed E-state index contributed by atoms with van der Waals surface area (Å²) in [4.78, 5) is 37.2. The number of carbonyl (C=O) groups is 2. The van der Waals surface area contributed by atoms with Gasteiger partial charge in [0.15, 0.2) is 0 Å². The zero-order chi connectivity index (χ0) is 28.4. The monoisotopic (exact) mass is 564 g/mol. The highest BCUT2D eigenvalue weighted by molar-refractivity contribution is 6.30. The summed E-state index contributed by atoms with van der Waals surface area (Å²) in [7, 11) is 1.69. The Morgan fingerprint density at radius 2 is 1.73 bits per heavy atom. The van der Waals surface area contributed by atoms with Gasteiger partial charge in [-0.05, 0) is 73.4 Å². The Kier molecular flexibility index (Phi) is 7.99. The molecule has 3 heterocycles. The van der Waals surface area contributed by atoms with Gasteiger partial charge in [-0.1, -0.05) is 36.7 Å². The van der Waals surface area contributed by atoms with Gasteiger partial charge in [-0.3, -0.25) is 4.79 Å². The molecule has 2 aliphatic rings. The summed E-state index contributed by atoms with van der Waals surface area (Å²) in [6.07, 6.45) is 2.79. The zero-order valence-electron chi connectivity index (χ0n) is 23.0. The molecule has 7 nitrogen and oxygen atoms in total. The molecule has 40 heavy (non-hydrogen) atoms. The molecule has 0 saturated carbocycles. The fraction of sp³-hybridized carbons (Fsp3) is 0.387. The van der Waals surface area contributed by atoms with E-state index in [2.05, 4.69) is 22.9 Å². The van der Waals surface area contributed by atoms with Crippen LogP contribution in [0.5, 0.6) is 5.75 Å². The van der Waals surface area contributed by atoms with Gasteiger partial charge in [-0.25, -0.2) is 14.2 Å². The Labute approximate surface area is 239 Å². The van der Waals surface area contributed by atoms with E-state index in [0.717, 1.165) is 42.9 Å². The van der Waals surface area contributed by atoms with Crippen LogP contribution in [0.25, 0.3) is 0 Å². The van der Waals surface area contributed by atoms with Crippen LogP contribution in [-0.4, -0.2) is 66.1 Å². The average Bonchev–Trinajstić information content (AvgIpc) is 3.32. The second-order valence-electron chi connectivity index (χ2n) is 11.0. The van der Waals surface area contributed by atoms with E-state index in [1.807, 2.05) is 48.4 Å². The van der Waals surface area contributed by atoms with Gasteiger partial charge >= 0.3 is 6.09 Å². The third kappa shape index (κ3) is 5.77. The number of hydrogen-bond donors (Lipinski definition) is 0. The van der Waals surface area contributed by atoms with Gasteiger partial charge in [-0.15, -0.1) is 0 Å². The predicted octanol–water partition coefficient (Wildman–Crippen LogP) is 5.70. The van der Waals surface area contributed by atoms with E-state index in [-0.39, 0.29) is 23.6 Å². The molecule has 3 aromatic rings. The molecule has 0 aliphatic carbocycles. The molecule has 9 heteroatoms. The number of pyridine rings is 1. The van der Waals surface area contributed by atoms with Crippen molar-refractivity contribution in [2.45, 2.75) is 38.1 Å². The molecule has 2 amide bonds. The summed E-state index contributed by atoms with van der Waals surface area (Å²) >= 11 is 6.17. The maximum atomic E-state index is 13.8. The molecule has 0 N–H and O–H groups in total. The van der Waals surface area contributed by atoms with Crippen molar-refractivity contribution in [2.75, 3.05) is 38.1 Å². The van der Waals surface area contributed by atoms with Gasteiger partial charge in [0.2, 0.25) is 5.91 Å². The summed E-state index contributed by atoms with van der Waals surface area (Å²) in [6.45, 7) is 6.47. The maximum absolute atomic E-state index is 13.8. The normalized spacial score (nSPS) is 21.4. The van der Waals surface area contributed by atoms with Crippen molar-refractivity contribution in [1.82, 2.24) is 14.8 Å². The number of amides is 2. The molecule has 2 atom stereocenters. The Bertz CT molecular complexity index is 1340. The third-order valence-electron chi connectivity index (χ3n) is 8.30.